The number of rotatable bonds is 13. The molecule has 0 radical (unpaired) electrons. The summed E-state index contributed by atoms with van der Waals surface area (Å²) in [6.45, 7) is 1.77. The smallest absolute Gasteiger partial charge is 0.189 e. The predicted molar refractivity (Wildman–Crippen MR) is 150 cm³/mol. The number of thioether (sulfide) groups is 1. The molecule has 0 fully saturated rings. The number of benzene rings is 4. The molecule has 36 heavy (non-hydrogen) atoms. The van der Waals surface area contributed by atoms with Gasteiger partial charge in [-0.2, -0.15) is 0 Å². The van der Waals surface area contributed by atoms with Crippen LogP contribution in [0, 0.1) is 0 Å². The molecule has 0 spiro atoms. The van der Waals surface area contributed by atoms with Crippen molar-refractivity contribution in [1.82, 2.24) is 4.90 Å². The van der Waals surface area contributed by atoms with Crippen LogP contribution < -0.4 is 0 Å². The molecule has 0 aliphatic heterocycles. The van der Waals surface area contributed by atoms with Crippen molar-refractivity contribution in [3.8, 4) is 0 Å². The average molecular weight is 496 g/mol. The molecule has 0 saturated heterocycles. The van der Waals surface area contributed by atoms with Crippen LogP contribution in [0.4, 0.5) is 0 Å². The maximum Gasteiger partial charge on any atom is 0.189 e. The molecule has 184 valence electrons. The Bertz CT molecular complexity index is 1130. The van der Waals surface area contributed by atoms with Crippen molar-refractivity contribution in [3.63, 3.8) is 0 Å². The van der Waals surface area contributed by atoms with Crippen molar-refractivity contribution in [2.45, 2.75) is 37.6 Å². The van der Waals surface area contributed by atoms with E-state index < -0.39 is 5.44 Å². The summed E-state index contributed by atoms with van der Waals surface area (Å²) in [5, 5.41) is 0. The van der Waals surface area contributed by atoms with Crippen LogP contribution in [-0.2, 0) is 35.6 Å². The highest BCUT2D eigenvalue weighted by molar-refractivity contribution is 7.99. The minimum absolute atomic E-state index is 0.106. The summed E-state index contributed by atoms with van der Waals surface area (Å²) in [6.07, 6.45) is 2.58. The summed E-state index contributed by atoms with van der Waals surface area (Å²) < 4.78 is 6.20. The van der Waals surface area contributed by atoms with Crippen molar-refractivity contribution < 1.29 is 9.53 Å². The second kappa shape index (κ2) is 13.8. The Kier molecular flexibility index (Phi) is 9.92. The molecule has 4 heteroatoms. The zero-order valence-electron chi connectivity index (χ0n) is 20.7. The van der Waals surface area contributed by atoms with E-state index in [9.17, 15) is 4.79 Å². The lowest BCUT2D eigenvalue weighted by Gasteiger charge is -2.33. The van der Waals surface area contributed by atoms with Crippen molar-refractivity contribution >= 4 is 17.5 Å². The van der Waals surface area contributed by atoms with E-state index in [4.69, 9.17) is 4.74 Å². The molecule has 0 amide bonds. The third-order valence-electron chi connectivity index (χ3n) is 6.19. The van der Waals surface area contributed by atoms with Crippen molar-refractivity contribution in [3.05, 3.63) is 144 Å². The molecule has 0 bridgehead atoms. The lowest BCUT2D eigenvalue weighted by Crippen LogP contribution is -2.46. The molecule has 0 saturated carbocycles. The second-order valence-corrected chi connectivity index (χ2v) is 9.75. The first kappa shape index (κ1) is 25.9. The molecule has 0 aliphatic rings. The van der Waals surface area contributed by atoms with E-state index >= 15 is 0 Å². The Morgan fingerprint density at radius 2 is 1.08 bits per heavy atom. The molecule has 0 aliphatic carbocycles. The zero-order valence-corrected chi connectivity index (χ0v) is 21.5. The molecule has 0 N–H and O–H groups in total. The fourth-order valence-corrected chi connectivity index (χ4v) is 4.92. The van der Waals surface area contributed by atoms with Crippen molar-refractivity contribution in [2.24, 2.45) is 0 Å². The fraction of sp³-hybridized carbons (Fsp3) is 0.219. The van der Waals surface area contributed by atoms with Crippen LogP contribution in [0.3, 0.4) is 0 Å². The quantitative estimate of drug-likeness (QED) is 0.191. The maximum absolute atomic E-state index is 14.1. The summed E-state index contributed by atoms with van der Waals surface area (Å²) in [5.41, 5.74) is 4.03. The highest BCUT2D eigenvalue weighted by atomic mass is 32.2. The predicted octanol–water partition coefficient (Wildman–Crippen LogP) is 6.78. The molecule has 0 aromatic heterocycles. The largest absolute Gasteiger partial charge is 0.355 e. The number of hydrogen-bond donors (Lipinski definition) is 0. The topological polar surface area (TPSA) is 29.5 Å². The normalized spacial score (nSPS) is 12.8. The van der Waals surface area contributed by atoms with E-state index in [1.165, 1.54) is 22.9 Å². The second-order valence-electron chi connectivity index (χ2n) is 8.85. The summed E-state index contributed by atoms with van der Waals surface area (Å²) in [7, 11) is 0. The molecular formula is C32H33NO2S. The van der Waals surface area contributed by atoms with Crippen LogP contribution in [0.25, 0.3) is 0 Å². The standard InChI is InChI=1S/C32H33NO2S/c1-36-32(35-25-29-20-12-5-13-21-29)31(34)30(22-26-14-6-2-7-15-26)33(23-27-16-8-3-9-17-27)24-28-18-10-4-11-19-28/h2-21,30,32H,22-25H2,1H3/t30-,32?/m0/s1. The van der Waals surface area contributed by atoms with Gasteiger partial charge in [-0.15, -0.1) is 11.8 Å². The van der Waals surface area contributed by atoms with E-state index in [0.717, 1.165) is 11.1 Å². The van der Waals surface area contributed by atoms with Crippen molar-refractivity contribution in [1.29, 1.82) is 0 Å². The van der Waals surface area contributed by atoms with Crippen LogP contribution in [0.15, 0.2) is 121 Å². The van der Waals surface area contributed by atoms with Crippen LogP contribution in [0.5, 0.6) is 0 Å². The Hall–Kier alpha value is -3.18. The number of ether oxygens (including phenoxy) is 1. The van der Waals surface area contributed by atoms with Crippen LogP contribution in [0.2, 0.25) is 0 Å². The molecule has 1 unspecified atom stereocenters. The Labute approximate surface area is 219 Å². The lowest BCUT2D eigenvalue weighted by atomic mass is 9.99. The highest BCUT2D eigenvalue weighted by Crippen LogP contribution is 2.23. The van der Waals surface area contributed by atoms with E-state index in [1.807, 2.05) is 66.9 Å². The molecule has 4 aromatic rings. The van der Waals surface area contributed by atoms with E-state index in [0.29, 0.717) is 26.1 Å². The zero-order chi connectivity index (χ0) is 25.0. The average Bonchev–Trinajstić information content (AvgIpc) is 2.94. The van der Waals surface area contributed by atoms with Gasteiger partial charge in [0.05, 0.1) is 12.6 Å². The van der Waals surface area contributed by atoms with Crippen LogP contribution in [-0.4, -0.2) is 28.4 Å². The minimum Gasteiger partial charge on any atom is -0.355 e. The van der Waals surface area contributed by atoms with Crippen LogP contribution >= 0.6 is 11.8 Å². The first-order valence-electron chi connectivity index (χ1n) is 12.3. The Balaban J connectivity index is 1.63. The SMILES string of the molecule is CSC(OCc1ccccc1)C(=O)[C@H](Cc1ccccc1)N(Cc1ccccc1)Cc1ccccc1. The molecule has 4 aromatic carbocycles. The number of ketones is 1. The van der Waals surface area contributed by atoms with Gasteiger partial charge in [0.2, 0.25) is 0 Å². The van der Waals surface area contributed by atoms with Gasteiger partial charge in [0.15, 0.2) is 11.2 Å². The maximum atomic E-state index is 14.1. The first-order valence-corrected chi connectivity index (χ1v) is 13.6. The molecule has 3 nitrogen and oxygen atoms in total. The van der Waals surface area contributed by atoms with Gasteiger partial charge in [0.25, 0.3) is 0 Å². The van der Waals surface area contributed by atoms with Gasteiger partial charge in [0, 0.05) is 13.1 Å². The monoisotopic (exact) mass is 495 g/mol. The van der Waals surface area contributed by atoms with Crippen molar-refractivity contribution in [2.75, 3.05) is 6.26 Å². The summed E-state index contributed by atoms with van der Waals surface area (Å²) in [5.74, 6) is 0.106. The number of hydrogen-bond acceptors (Lipinski definition) is 4. The Morgan fingerprint density at radius 1 is 0.667 bits per heavy atom. The van der Waals surface area contributed by atoms with E-state index in [-0.39, 0.29) is 11.8 Å². The number of carbonyl (C=O) groups is 1. The number of nitrogens with zero attached hydrogens (tertiary/aromatic N) is 1. The summed E-state index contributed by atoms with van der Waals surface area (Å²) >= 11 is 1.47. The van der Waals surface area contributed by atoms with Gasteiger partial charge < -0.3 is 4.74 Å². The van der Waals surface area contributed by atoms with Gasteiger partial charge in [-0.25, -0.2) is 0 Å². The number of Topliss-reactive ketones (excluding diaryl/α,β-unsaturated/α-hetero) is 1. The third kappa shape index (κ3) is 7.66. The summed E-state index contributed by atoms with van der Waals surface area (Å²) in [6, 6.07) is 40.8. The minimum atomic E-state index is -0.548. The van der Waals surface area contributed by atoms with Gasteiger partial charge in [-0.3, -0.25) is 9.69 Å². The van der Waals surface area contributed by atoms with Crippen LogP contribution in [0.1, 0.15) is 22.3 Å². The van der Waals surface area contributed by atoms with E-state index in [1.54, 1.807) is 0 Å². The van der Waals surface area contributed by atoms with Gasteiger partial charge >= 0.3 is 0 Å². The van der Waals surface area contributed by atoms with E-state index in [2.05, 4.69) is 65.6 Å². The number of carbonyl (C=O) groups excluding carboxylic acids is 1. The first-order chi connectivity index (χ1) is 17.7. The molecular weight excluding hydrogens is 462 g/mol. The summed E-state index contributed by atoms with van der Waals surface area (Å²) in [4.78, 5) is 16.4. The van der Waals surface area contributed by atoms with Gasteiger partial charge in [-0.1, -0.05) is 121 Å². The molecule has 4 rings (SSSR count). The molecule has 2 atom stereocenters. The third-order valence-corrected chi connectivity index (χ3v) is 6.99. The lowest BCUT2D eigenvalue weighted by molar-refractivity contribution is -0.132. The highest BCUT2D eigenvalue weighted by Gasteiger charge is 2.32. The molecule has 0 heterocycles. The fourth-order valence-electron chi connectivity index (χ4n) is 4.33. The van der Waals surface area contributed by atoms with Gasteiger partial charge in [-0.05, 0) is 34.9 Å². The Morgan fingerprint density at radius 3 is 1.53 bits per heavy atom. The van der Waals surface area contributed by atoms with Gasteiger partial charge in [0.1, 0.15) is 0 Å².